The summed E-state index contributed by atoms with van der Waals surface area (Å²) >= 11 is 0. The SMILES string of the molecule is CNCc1[nH]ncc1-c1ccc2ncoc2c1. The summed E-state index contributed by atoms with van der Waals surface area (Å²) in [4.78, 5) is 4.10. The monoisotopic (exact) mass is 228 g/mol. The highest BCUT2D eigenvalue weighted by molar-refractivity contribution is 5.80. The lowest BCUT2D eigenvalue weighted by molar-refractivity contribution is 0.602. The van der Waals surface area contributed by atoms with Gasteiger partial charge in [-0.25, -0.2) is 4.98 Å². The van der Waals surface area contributed by atoms with Crippen molar-refractivity contribution in [1.82, 2.24) is 20.5 Å². The van der Waals surface area contributed by atoms with Gasteiger partial charge in [-0.05, 0) is 24.7 Å². The quantitative estimate of drug-likeness (QED) is 0.719. The average Bonchev–Trinajstić information content (AvgIpc) is 2.96. The first-order valence-corrected chi connectivity index (χ1v) is 5.39. The van der Waals surface area contributed by atoms with E-state index in [1.54, 1.807) is 0 Å². The molecule has 0 aliphatic rings. The fourth-order valence-electron chi connectivity index (χ4n) is 1.90. The predicted octanol–water partition coefficient (Wildman–Crippen LogP) is 1.94. The van der Waals surface area contributed by atoms with Crippen molar-refractivity contribution in [2.75, 3.05) is 7.05 Å². The number of benzene rings is 1. The van der Waals surface area contributed by atoms with Crippen LogP contribution in [0.1, 0.15) is 5.69 Å². The summed E-state index contributed by atoms with van der Waals surface area (Å²) in [6, 6.07) is 5.95. The first kappa shape index (κ1) is 10.0. The van der Waals surface area contributed by atoms with Gasteiger partial charge in [-0.1, -0.05) is 6.07 Å². The van der Waals surface area contributed by atoms with Crippen LogP contribution < -0.4 is 5.32 Å². The molecule has 1 aromatic carbocycles. The van der Waals surface area contributed by atoms with Crippen LogP contribution in [0.25, 0.3) is 22.2 Å². The van der Waals surface area contributed by atoms with Gasteiger partial charge < -0.3 is 9.73 Å². The molecule has 5 nitrogen and oxygen atoms in total. The van der Waals surface area contributed by atoms with Crippen LogP contribution in [0.5, 0.6) is 0 Å². The van der Waals surface area contributed by atoms with Crippen molar-refractivity contribution in [3.8, 4) is 11.1 Å². The fourth-order valence-corrected chi connectivity index (χ4v) is 1.90. The molecule has 0 fully saturated rings. The van der Waals surface area contributed by atoms with Gasteiger partial charge in [0.05, 0.1) is 11.9 Å². The lowest BCUT2D eigenvalue weighted by Crippen LogP contribution is -2.06. The molecule has 5 heteroatoms. The largest absolute Gasteiger partial charge is 0.443 e. The first-order chi connectivity index (χ1) is 8.38. The molecule has 2 aromatic heterocycles. The van der Waals surface area contributed by atoms with Gasteiger partial charge in [-0.3, -0.25) is 5.10 Å². The van der Waals surface area contributed by atoms with E-state index in [1.165, 1.54) is 6.39 Å². The maximum atomic E-state index is 5.30. The van der Waals surface area contributed by atoms with E-state index in [1.807, 2.05) is 31.4 Å². The van der Waals surface area contributed by atoms with Crippen LogP contribution in [0, 0.1) is 0 Å². The molecule has 0 aliphatic heterocycles. The van der Waals surface area contributed by atoms with Crippen LogP contribution in [-0.2, 0) is 6.54 Å². The number of rotatable bonds is 3. The number of hydrogen-bond acceptors (Lipinski definition) is 4. The Morgan fingerprint density at radius 3 is 3.24 bits per heavy atom. The van der Waals surface area contributed by atoms with Gasteiger partial charge in [0, 0.05) is 12.1 Å². The molecule has 0 saturated carbocycles. The number of fused-ring (bicyclic) bond motifs is 1. The van der Waals surface area contributed by atoms with Gasteiger partial charge in [0.25, 0.3) is 0 Å². The van der Waals surface area contributed by atoms with Gasteiger partial charge in [0.15, 0.2) is 12.0 Å². The Morgan fingerprint density at radius 2 is 2.35 bits per heavy atom. The maximum Gasteiger partial charge on any atom is 0.181 e. The molecular formula is C12H12N4O. The predicted molar refractivity (Wildman–Crippen MR) is 64.4 cm³/mol. The van der Waals surface area contributed by atoms with E-state index in [0.29, 0.717) is 0 Å². The zero-order valence-electron chi connectivity index (χ0n) is 9.40. The molecule has 2 heterocycles. The number of H-pyrrole nitrogens is 1. The molecule has 2 N–H and O–H groups in total. The molecule has 0 bridgehead atoms. The molecule has 3 rings (SSSR count). The molecule has 0 atom stereocenters. The molecular weight excluding hydrogens is 216 g/mol. The molecule has 0 saturated heterocycles. The highest BCUT2D eigenvalue weighted by atomic mass is 16.3. The highest BCUT2D eigenvalue weighted by Crippen LogP contribution is 2.25. The Bertz CT molecular complexity index is 641. The number of nitrogens with zero attached hydrogens (tertiary/aromatic N) is 2. The third-order valence-corrected chi connectivity index (χ3v) is 2.71. The van der Waals surface area contributed by atoms with Crippen LogP contribution >= 0.6 is 0 Å². The van der Waals surface area contributed by atoms with Gasteiger partial charge in [-0.15, -0.1) is 0 Å². The summed E-state index contributed by atoms with van der Waals surface area (Å²) < 4.78 is 5.30. The molecule has 0 spiro atoms. The molecule has 17 heavy (non-hydrogen) atoms. The second-order valence-electron chi connectivity index (χ2n) is 3.83. The van der Waals surface area contributed by atoms with E-state index in [9.17, 15) is 0 Å². The van der Waals surface area contributed by atoms with E-state index in [4.69, 9.17) is 4.42 Å². The van der Waals surface area contributed by atoms with E-state index in [2.05, 4.69) is 20.5 Å². The zero-order chi connectivity index (χ0) is 11.7. The van der Waals surface area contributed by atoms with Gasteiger partial charge in [0.1, 0.15) is 5.52 Å². The third kappa shape index (κ3) is 1.70. The van der Waals surface area contributed by atoms with Crippen molar-refractivity contribution in [3.05, 3.63) is 36.5 Å². The van der Waals surface area contributed by atoms with Crippen LogP contribution in [0.15, 0.2) is 35.2 Å². The molecule has 0 unspecified atom stereocenters. The van der Waals surface area contributed by atoms with E-state index in [0.717, 1.165) is 34.5 Å². The Labute approximate surface area is 97.9 Å². The second-order valence-corrected chi connectivity index (χ2v) is 3.83. The standard InChI is InChI=1S/C12H12N4O/c1-13-6-11-9(5-15-16-11)8-2-3-10-12(4-8)17-7-14-10/h2-5,7,13H,6H2,1H3,(H,15,16). The van der Waals surface area contributed by atoms with Crippen LogP contribution in [0.4, 0.5) is 0 Å². The van der Waals surface area contributed by atoms with Crippen LogP contribution in [-0.4, -0.2) is 22.2 Å². The number of hydrogen-bond donors (Lipinski definition) is 2. The molecule has 86 valence electrons. The fraction of sp³-hybridized carbons (Fsp3) is 0.167. The second kappa shape index (κ2) is 4.03. The van der Waals surface area contributed by atoms with E-state index >= 15 is 0 Å². The van der Waals surface area contributed by atoms with E-state index < -0.39 is 0 Å². The lowest BCUT2D eigenvalue weighted by atomic mass is 10.1. The normalized spacial score (nSPS) is 11.1. The van der Waals surface area contributed by atoms with Crippen molar-refractivity contribution < 1.29 is 4.42 Å². The van der Waals surface area contributed by atoms with Crippen molar-refractivity contribution in [2.24, 2.45) is 0 Å². The number of aromatic amines is 1. The lowest BCUT2D eigenvalue weighted by Gasteiger charge is -2.02. The van der Waals surface area contributed by atoms with Crippen molar-refractivity contribution in [2.45, 2.75) is 6.54 Å². The molecule has 0 radical (unpaired) electrons. The Morgan fingerprint density at radius 1 is 1.41 bits per heavy atom. The van der Waals surface area contributed by atoms with E-state index in [-0.39, 0.29) is 0 Å². The Hall–Kier alpha value is -2.14. The maximum absolute atomic E-state index is 5.30. The first-order valence-electron chi connectivity index (χ1n) is 5.39. The van der Waals surface area contributed by atoms with Gasteiger partial charge in [0.2, 0.25) is 0 Å². The minimum Gasteiger partial charge on any atom is -0.443 e. The summed E-state index contributed by atoms with van der Waals surface area (Å²) in [6.45, 7) is 0.754. The summed E-state index contributed by atoms with van der Waals surface area (Å²) in [5.41, 5.74) is 4.88. The van der Waals surface area contributed by atoms with Crippen LogP contribution in [0.3, 0.4) is 0 Å². The minimum absolute atomic E-state index is 0.754. The summed E-state index contributed by atoms with van der Waals surface area (Å²) in [6.07, 6.45) is 3.28. The average molecular weight is 228 g/mol. The highest BCUT2D eigenvalue weighted by Gasteiger charge is 2.08. The summed E-state index contributed by atoms with van der Waals surface area (Å²) in [5, 5.41) is 10.2. The van der Waals surface area contributed by atoms with Crippen molar-refractivity contribution in [1.29, 1.82) is 0 Å². The number of aromatic nitrogens is 3. The Balaban J connectivity index is 2.09. The van der Waals surface area contributed by atoms with Crippen molar-refractivity contribution >= 4 is 11.1 Å². The molecule has 0 amide bonds. The van der Waals surface area contributed by atoms with Crippen molar-refractivity contribution in [3.63, 3.8) is 0 Å². The smallest absolute Gasteiger partial charge is 0.181 e. The van der Waals surface area contributed by atoms with Gasteiger partial charge >= 0.3 is 0 Å². The third-order valence-electron chi connectivity index (χ3n) is 2.71. The minimum atomic E-state index is 0.754. The van der Waals surface area contributed by atoms with Crippen LogP contribution in [0.2, 0.25) is 0 Å². The summed E-state index contributed by atoms with van der Waals surface area (Å²) in [7, 11) is 1.91. The van der Waals surface area contributed by atoms with Gasteiger partial charge in [-0.2, -0.15) is 5.10 Å². The molecule has 0 aliphatic carbocycles. The summed E-state index contributed by atoms with van der Waals surface area (Å²) in [5.74, 6) is 0. The zero-order valence-corrected chi connectivity index (χ0v) is 9.40. The molecule has 3 aromatic rings. The number of oxazole rings is 1. The number of nitrogens with one attached hydrogen (secondary N) is 2. The Kier molecular flexibility index (Phi) is 2.38. The topological polar surface area (TPSA) is 66.7 Å².